The first-order valence-electron chi connectivity index (χ1n) is 2.72. The van der Waals surface area contributed by atoms with Gasteiger partial charge in [-0.25, -0.2) is 0 Å². The van der Waals surface area contributed by atoms with E-state index in [-0.39, 0.29) is 56.9 Å². The van der Waals surface area contributed by atoms with Crippen LogP contribution in [0.5, 0.6) is 0 Å². The summed E-state index contributed by atoms with van der Waals surface area (Å²) in [5, 5.41) is 10.3. The maximum absolute atomic E-state index is 3.88. The molecule has 0 aliphatic rings. The predicted octanol–water partition coefficient (Wildman–Crippen LogP) is -2.21. The van der Waals surface area contributed by atoms with Crippen LogP contribution >= 0.6 is 0 Å². The number of aromatic nitrogens is 3. The molecular weight excluding hydrogens is 169 g/mol. The molecule has 0 spiro atoms. The van der Waals surface area contributed by atoms with E-state index in [1.165, 1.54) is 0 Å². The molecule has 0 unspecified atom stereocenters. The summed E-state index contributed by atoms with van der Waals surface area (Å²) in [5.41, 5.74) is 1.83. The quantitative estimate of drug-likeness (QED) is 0.461. The Morgan fingerprint density at radius 1 is 1.00 bits per heavy atom. The molecule has 0 saturated heterocycles. The van der Waals surface area contributed by atoms with Crippen molar-refractivity contribution < 1.29 is 56.9 Å². The van der Waals surface area contributed by atoms with Crippen LogP contribution in [0, 0.1) is 0 Å². The zero-order valence-electron chi connectivity index (χ0n) is 6.15. The molecule has 5 heteroatoms. The number of fused-ring (bicyclic) bond motifs is 1. The Morgan fingerprint density at radius 2 is 1.45 bits per heavy atom. The minimum Gasteiger partial charge on any atom is -0.870 e. The van der Waals surface area contributed by atoms with Crippen LogP contribution < -0.4 is 51.4 Å². The standard InChI is InChI=1S/C6H5N3.K.H2O/c1-2-4-6-5(3-1)7-9-8-6;;/h1-4H,(H,7,8,9);;1H2/q;+1;/p-1. The van der Waals surface area contributed by atoms with E-state index >= 15 is 0 Å². The minimum atomic E-state index is 0. The van der Waals surface area contributed by atoms with E-state index in [0.29, 0.717) is 0 Å². The van der Waals surface area contributed by atoms with Crippen LogP contribution in [0.25, 0.3) is 11.0 Å². The van der Waals surface area contributed by atoms with Crippen LogP contribution in [-0.2, 0) is 0 Å². The number of hydrogen-bond donors (Lipinski definition) is 1. The largest absolute Gasteiger partial charge is 1.00 e. The third-order valence-electron chi connectivity index (χ3n) is 1.22. The van der Waals surface area contributed by atoms with Gasteiger partial charge in [-0.2, -0.15) is 15.4 Å². The Bertz CT molecular complexity index is 292. The number of nitrogens with one attached hydrogen (secondary N) is 1. The molecule has 2 aromatic rings. The molecule has 1 heterocycles. The van der Waals surface area contributed by atoms with E-state index in [4.69, 9.17) is 0 Å². The average molecular weight is 175 g/mol. The smallest absolute Gasteiger partial charge is 0.870 e. The third-order valence-corrected chi connectivity index (χ3v) is 1.22. The summed E-state index contributed by atoms with van der Waals surface area (Å²) >= 11 is 0. The molecule has 0 aliphatic carbocycles. The van der Waals surface area contributed by atoms with Crippen molar-refractivity contribution in [2.75, 3.05) is 0 Å². The Kier molecular flexibility index (Phi) is 5.07. The summed E-state index contributed by atoms with van der Waals surface area (Å²) in [6.07, 6.45) is 0. The molecular formula is C6H6KN3O. The third kappa shape index (κ3) is 2.33. The molecule has 0 bridgehead atoms. The van der Waals surface area contributed by atoms with Gasteiger partial charge in [0.1, 0.15) is 11.0 Å². The normalized spacial score (nSPS) is 8.36. The van der Waals surface area contributed by atoms with E-state index in [9.17, 15) is 0 Å². The van der Waals surface area contributed by atoms with Crippen molar-refractivity contribution >= 4 is 11.0 Å². The first kappa shape index (κ1) is 11.2. The van der Waals surface area contributed by atoms with Gasteiger partial charge < -0.3 is 5.48 Å². The number of hydrogen-bond acceptors (Lipinski definition) is 3. The summed E-state index contributed by atoms with van der Waals surface area (Å²) in [6.45, 7) is 0. The van der Waals surface area contributed by atoms with Gasteiger partial charge in [-0.3, -0.25) is 0 Å². The Hall–Kier alpha value is 0.216. The van der Waals surface area contributed by atoms with E-state index in [1.807, 2.05) is 24.3 Å². The SMILES string of the molecule is [K+].[OH-].c1ccc2n[nH]nc2c1. The second-order valence-corrected chi connectivity index (χ2v) is 1.81. The van der Waals surface area contributed by atoms with Gasteiger partial charge in [0, 0.05) is 0 Å². The molecule has 1 aromatic carbocycles. The summed E-state index contributed by atoms with van der Waals surface area (Å²) in [6, 6.07) is 7.70. The molecule has 2 N–H and O–H groups in total. The Labute approximate surface area is 106 Å². The molecule has 1 aromatic heterocycles. The van der Waals surface area contributed by atoms with Gasteiger partial charge in [-0.15, -0.1) is 0 Å². The van der Waals surface area contributed by atoms with Gasteiger partial charge in [0.15, 0.2) is 0 Å². The molecule has 11 heavy (non-hydrogen) atoms. The zero-order valence-corrected chi connectivity index (χ0v) is 9.27. The van der Waals surface area contributed by atoms with Crippen LogP contribution in [-0.4, -0.2) is 20.9 Å². The number of H-pyrrole nitrogens is 1. The zero-order chi connectivity index (χ0) is 6.10. The van der Waals surface area contributed by atoms with Gasteiger partial charge in [0.2, 0.25) is 0 Å². The molecule has 0 atom stereocenters. The maximum atomic E-state index is 3.88. The van der Waals surface area contributed by atoms with Gasteiger partial charge in [-0.05, 0) is 12.1 Å². The average Bonchev–Trinajstić information content (AvgIpc) is 2.33. The van der Waals surface area contributed by atoms with Crippen LogP contribution in [0.4, 0.5) is 0 Å². The molecule has 52 valence electrons. The molecule has 0 saturated carbocycles. The predicted molar refractivity (Wildman–Crippen MR) is 35.8 cm³/mol. The fraction of sp³-hybridized carbons (Fsp3) is 0. The first-order valence-corrected chi connectivity index (χ1v) is 2.72. The number of benzene rings is 1. The Balaban J connectivity index is 0.000000500. The summed E-state index contributed by atoms with van der Waals surface area (Å²) in [4.78, 5) is 0. The van der Waals surface area contributed by atoms with Crippen molar-refractivity contribution in [1.82, 2.24) is 15.4 Å². The van der Waals surface area contributed by atoms with Gasteiger partial charge >= 0.3 is 51.4 Å². The number of para-hydroxylation sites is 2. The molecule has 0 fully saturated rings. The van der Waals surface area contributed by atoms with Crippen molar-refractivity contribution in [2.45, 2.75) is 0 Å². The summed E-state index contributed by atoms with van der Waals surface area (Å²) in [5.74, 6) is 0. The number of nitrogens with zero attached hydrogens (tertiary/aromatic N) is 2. The van der Waals surface area contributed by atoms with Gasteiger partial charge in [0.05, 0.1) is 0 Å². The maximum Gasteiger partial charge on any atom is 1.00 e. The molecule has 4 nitrogen and oxygen atoms in total. The first-order chi connectivity index (χ1) is 4.47. The fourth-order valence-corrected chi connectivity index (χ4v) is 0.786. The molecule has 0 aliphatic heterocycles. The minimum absolute atomic E-state index is 0. The van der Waals surface area contributed by atoms with Gasteiger partial charge in [-0.1, -0.05) is 12.1 Å². The molecule has 2 rings (SSSR count). The van der Waals surface area contributed by atoms with Crippen LogP contribution in [0.15, 0.2) is 24.3 Å². The topological polar surface area (TPSA) is 71.6 Å². The van der Waals surface area contributed by atoms with Gasteiger partial charge in [0.25, 0.3) is 0 Å². The van der Waals surface area contributed by atoms with E-state index in [1.54, 1.807) is 0 Å². The summed E-state index contributed by atoms with van der Waals surface area (Å²) in [7, 11) is 0. The second kappa shape index (κ2) is 4.97. The molecule has 0 radical (unpaired) electrons. The number of rotatable bonds is 0. The van der Waals surface area contributed by atoms with E-state index in [2.05, 4.69) is 15.4 Å². The van der Waals surface area contributed by atoms with Crippen LogP contribution in [0.2, 0.25) is 0 Å². The van der Waals surface area contributed by atoms with Crippen LogP contribution in [0.1, 0.15) is 0 Å². The summed E-state index contributed by atoms with van der Waals surface area (Å²) < 4.78 is 0. The van der Waals surface area contributed by atoms with E-state index < -0.39 is 0 Å². The Morgan fingerprint density at radius 3 is 1.91 bits per heavy atom. The van der Waals surface area contributed by atoms with Crippen molar-refractivity contribution in [3.05, 3.63) is 24.3 Å². The molecule has 0 amide bonds. The van der Waals surface area contributed by atoms with Crippen molar-refractivity contribution in [1.29, 1.82) is 0 Å². The van der Waals surface area contributed by atoms with Crippen molar-refractivity contribution in [3.63, 3.8) is 0 Å². The van der Waals surface area contributed by atoms with Crippen molar-refractivity contribution in [2.24, 2.45) is 0 Å². The fourth-order valence-electron chi connectivity index (χ4n) is 0.786. The number of aromatic amines is 1. The van der Waals surface area contributed by atoms with E-state index in [0.717, 1.165) is 11.0 Å². The van der Waals surface area contributed by atoms with Crippen molar-refractivity contribution in [3.8, 4) is 0 Å². The monoisotopic (exact) mass is 175 g/mol. The second-order valence-electron chi connectivity index (χ2n) is 1.81. The van der Waals surface area contributed by atoms with Crippen LogP contribution in [0.3, 0.4) is 0 Å².